The number of anilines is 2. The summed E-state index contributed by atoms with van der Waals surface area (Å²) in [6.07, 6.45) is 4.21. The fraction of sp³-hybridized carbons (Fsp3) is 0.167. The predicted octanol–water partition coefficient (Wildman–Crippen LogP) is 1.81. The average Bonchev–Trinajstić information content (AvgIpc) is 3.31. The number of nitrogens with zero attached hydrogens (tertiary/aromatic N) is 4. The molecule has 12 heteroatoms. The minimum Gasteiger partial charge on any atom is -0.477 e. The third-order valence-corrected chi connectivity index (χ3v) is 4.41. The lowest BCUT2D eigenvalue weighted by molar-refractivity contribution is -0.384. The van der Waals surface area contributed by atoms with Crippen molar-refractivity contribution < 1.29 is 24.4 Å². The fourth-order valence-electron chi connectivity index (χ4n) is 2.97. The Morgan fingerprint density at radius 2 is 1.27 bits per heavy atom. The Hall–Kier alpha value is -4.35. The minimum atomic E-state index is -1.12. The first kappa shape index (κ1) is 20.4. The molecule has 0 saturated carbocycles. The molecule has 0 radical (unpaired) electrons. The molecular weight excluding hydrogens is 396 g/mol. The molecule has 0 aliphatic rings. The van der Waals surface area contributed by atoms with E-state index in [0.29, 0.717) is 11.4 Å². The topological polar surface area (TPSA) is 153 Å². The number of carbonyl (C=O) groups is 3. The van der Waals surface area contributed by atoms with E-state index in [4.69, 9.17) is 5.11 Å². The van der Waals surface area contributed by atoms with Crippen LogP contribution in [0.4, 0.5) is 17.1 Å². The zero-order valence-corrected chi connectivity index (χ0v) is 16.2. The molecule has 30 heavy (non-hydrogen) atoms. The first-order valence-corrected chi connectivity index (χ1v) is 8.56. The number of hydrogen-bond acceptors (Lipinski definition) is 5. The molecule has 3 rings (SSSR count). The van der Waals surface area contributed by atoms with Gasteiger partial charge in [0.25, 0.3) is 17.5 Å². The van der Waals surface area contributed by atoms with Gasteiger partial charge in [-0.05, 0) is 12.1 Å². The molecule has 156 valence electrons. The van der Waals surface area contributed by atoms with Gasteiger partial charge < -0.3 is 29.4 Å². The maximum absolute atomic E-state index is 12.5. The molecule has 0 saturated heterocycles. The summed E-state index contributed by atoms with van der Waals surface area (Å²) in [5.41, 5.74) is 0.727. The van der Waals surface area contributed by atoms with Crippen LogP contribution in [0.3, 0.4) is 0 Å². The van der Waals surface area contributed by atoms with Gasteiger partial charge in [0.15, 0.2) is 0 Å². The van der Waals surface area contributed by atoms with E-state index in [1.54, 1.807) is 14.1 Å². The number of aromatic nitrogens is 3. The number of amides is 2. The Kier molecular flexibility index (Phi) is 5.15. The van der Waals surface area contributed by atoms with Crippen LogP contribution in [0.25, 0.3) is 0 Å². The summed E-state index contributed by atoms with van der Waals surface area (Å²) < 4.78 is 4.19. The van der Waals surface area contributed by atoms with Gasteiger partial charge in [-0.3, -0.25) is 19.7 Å². The maximum atomic E-state index is 12.5. The molecule has 2 amide bonds. The number of aryl methyl sites for hydroxylation is 3. The second-order valence-corrected chi connectivity index (χ2v) is 6.61. The van der Waals surface area contributed by atoms with Gasteiger partial charge in [0, 0.05) is 39.6 Å². The molecule has 0 fully saturated rings. The van der Waals surface area contributed by atoms with Crippen LogP contribution in [0.1, 0.15) is 31.5 Å². The van der Waals surface area contributed by atoms with Gasteiger partial charge in [-0.15, -0.1) is 0 Å². The van der Waals surface area contributed by atoms with Crippen molar-refractivity contribution >= 4 is 34.8 Å². The molecule has 0 unspecified atom stereocenters. The lowest BCUT2D eigenvalue weighted by atomic mass is 10.3. The van der Waals surface area contributed by atoms with Gasteiger partial charge in [-0.2, -0.15) is 0 Å². The standard InChI is InChI=1S/C18H18N6O6/c1-21-7-10(19-17(26)14-6-12(24(29)30)9-23(14)3)4-13(21)16(25)20-11-5-15(18(27)28)22(2)8-11/h4-9H,1-3H3,(H,19,26)(H,20,25)(H,27,28). The summed E-state index contributed by atoms with van der Waals surface area (Å²) in [6, 6.07) is 3.92. The van der Waals surface area contributed by atoms with Crippen LogP contribution in [-0.2, 0) is 21.1 Å². The van der Waals surface area contributed by atoms with Crippen LogP contribution >= 0.6 is 0 Å². The maximum Gasteiger partial charge on any atom is 0.352 e. The van der Waals surface area contributed by atoms with Gasteiger partial charge in [-0.25, -0.2) is 4.79 Å². The van der Waals surface area contributed by atoms with E-state index in [2.05, 4.69) is 10.6 Å². The minimum absolute atomic E-state index is 0.0156. The number of aromatic carboxylic acids is 1. The monoisotopic (exact) mass is 414 g/mol. The number of nitro groups is 1. The van der Waals surface area contributed by atoms with Crippen molar-refractivity contribution in [2.45, 2.75) is 0 Å². The van der Waals surface area contributed by atoms with E-state index in [1.165, 1.54) is 51.5 Å². The molecule has 12 nitrogen and oxygen atoms in total. The van der Waals surface area contributed by atoms with E-state index in [1.807, 2.05) is 0 Å². The van der Waals surface area contributed by atoms with E-state index in [0.717, 1.165) is 6.07 Å². The third-order valence-electron chi connectivity index (χ3n) is 4.41. The molecule has 3 aromatic heterocycles. The highest BCUT2D eigenvalue weighted by Crippen LogP contribution is 2.20. The zero-order chi connectivity index (χ0) is 22.2. The molecule has 0 spiro atoms. The predicted molar refractivity (Wildman–Crippen MR) is 106 cm³/mol. The second-order valence-electron chi connectivity index (χ2n) is 6.61. The molecule has 0 atom stereocenters. The number of nitrogens with one attached hydrogen (secondary N) is 2. The van der Waals surface area contributed by atoms with Gasteiger partial charge in [-0.1, -0.05) is 0 Å². The van der Waals surface area contributed by atoms with E-state index in [9.17, 15) is 24.5 Å². The molecular formula is C18H18N6O6. The summed E-state index contributed by atoms with van der Waals surface area (Å²) in [5.74, 6) is -2.20. The first-order valence-electron chi connectivity index (χ1n) is 8.56. The van der Waals surface area contributed by atoms with Crippen molar-refractivity contribution in [2.24, 2.45) is 21.1 Å². The Balaban J connectivity index is 1.75. The summed E-state index contributed by atoms with van der Waals surface area (Å²) in [7, 11) is 4.66. The molecule has 3 N–H and O–H groups in total. The number of rotatable bonds is 6. The largest absolute Gasteiger partial charge is 0.477 e. The zero-order valence-electron chi connectivity index (χ0n) is 16.2. The van der Waals surface area contributed by atoms with Crippen molar-refractivity contribution in [3.05, 3.63) is 64.0 Å². The average molecular weight is 414 g/mol. The van der Waals surface area contributed by atoms with Crippen molar-refractivity contribution in [3.63, 3.8) is 0 Å². The van der Waals surface area contributed by atoms with Crippen LogP contribution in [0.5, 0.6) is 0 Å². The number of carboxylic acids is 1. The van der Waals surface area contributed by atoms with Crippen molar-refractivity contribution in [3.8, 4) is 0 Å². The Morgan fingerprint density at radius 3 is 1.70 bits per heavy atom. The fourth-order valence-corrected chi connectivity index (χ4v) is 2.97. The summed E-state index contributed by atoms with van der Waals surface area (Å²) in [6.45, 7) is 0. The Morgan fingerprint density at radius 1 is 0.833 bits per heavy atom. The smallest absolute Gasteiger partial charge is 0.352 e. The molecule has 3 heterocycles. The Labute approximate surface area is 169 Å². The van der Waals surface area contributed by atoms with Gasteiger partial charge in [0.05, 0.1) is 22.5 Å². The normalized spacial score (nSPS) is 10.6. The lowest BCUT2D eigenvalue weighted by Gasteiger charge is -2.03. The van der Waals surface area contributed by atoms with Crippen molar-refractivity contribution in [1.29, 1.82) is 0 Å². The van der Waals surface area contributed by atoms with E-state index >= 15 is 0 Å². The van der Waals surface area contributed by atoms with Crippen LogP contribution in [0, 0.1) is 10.1 Å². The number of carboxylic acid groups (broad SMARTS) is 1. The molecule has 0 bridgehead atoms. The summed E-state index contributed by atoms with van der Waals surface area (Å²) >= 11 is 0. The lowest BCUT2D eigenvalue weighted by Crippen LogP contribution is -2.15. The van der Waals surface area contributed by atoms with Gasteiger partial charge in [0.1, 0.15) is 17.1 Å². The van der Waals surface area contributed by atoms with E-state index in [-0.39, 0.29) is 22.8 Å². The highest BCUT2D eigenvalue weighted by Gasteiger charge is 2.20. The molecule has 0 aromatic carbocycles. The third kappa shape index (κ3) is 3.92. The Bertz CT molecular complexity index is 1180. The summed E-state index contributed by atoms with van der Waals surface area (Å²) in [5, 5.41) is 25.1. The van der Waals surface area contributed by atoms with Crippen molar-refractivity contribution in [2.75, 3.05) is 10.6 Å². The van der Waals surface area contributed by atoms with Crippen LogP contribution < -0.4 is 10.6 Å². The molecule has 0 aliphatic heterocycles. The second kappa shape index (κ2) is 7.58. The van der Waals surface area contributed by atoms with Crippen LogP contribution in [-0.4, -0.2) is 41.5 Å². The van der Waals surface area contributed by atoms with Crippen LogP contribution in [0.2, 0.25) is 0 Å². The van der Waals surface area contributed by atoms with Gasteiger partial charge in [0.2, 0.25) is 0 Å². The van der Waals surface area contributed by atoms with Crippen molar-refractivity contribution in [1.82, 2.24) is 13.7 Å². The number of hydrogen-bond donors (Lipinski definition) is 3. The summed E-state index contributed by atoms with van der Waals surface area (Å²) in [4.78, 5) is 46.4. The van der Waals surface area contributed by atoms with Crippen LogP contribution in [0.15, 0.2) is 36.8 Å². The van der Waals surface area contributed by atoms with E-state index < -0.39 is 22.7 Å². The highest BCUT2D eigenvalue weighted by molar-refractivity contribution is 6.07. The highest BCUT2D eigenvalue weighted by atomic mass is 16.6. The molecule has 0 aliphatic carbocycles. The molecule has 3 aromatic rings. The van der Waals surface area contributed by atoms with Gasteiger partial charge >= 0.3 is 5.97 Å². The SMILES string of the molecule is Cn1cc(NC(=O)c2cc(NC(=O)c3cc([N+](=O)[O-])cn3C)cn2C)cc1C(=O)O. The quantitative estimate of drug-likeness (QED) is 0.413. The number of carbonyl (C=O) groups excluding carboxylic acids is 2. The first-order chi connectivity index (χ1) is 14.1.